The van der Waals surface area contributed by atoms with E-state index in [1.807, 2.05) is 6.92 Å². The topological polar surface area (TPSA) is 64.6 Å². The van der Waals surface area contributed by atoms with E-state index < -0.39 is 26.4 Å². The summed E-state index contributed by atoms with van der Waals surface area (Å²) in [7, 11) is -2.02. The number of β-lactam (4-membered cyclic amide) rings is 1. The third-order valence-electron chi connectivity index (χ3n) is 5.00. The minimum absolute atomic E-state index is 0.0362. The normalized spacial score (nSPS) is 22.0. The number of rotatable bonds is 5. The highest BCUT2D eigenvalue weighted by molar-refractivity contribution is 6.74. The third-order valence-corrected chi connectivity index (χ3v) is 9.81. The van der Waals surface area contributed by atoms with E-state index in [9.17, 15) is 9.59 Å². The molecule has 1 N–H and O–H groups in total. The molecule has 1 fully saturated rings. The van der Waals surface area contributed by atoms with Crippen LogP contribution in [0.5, 0.6) is 0 Å². The molecule has 0 radical (unpaired) electrons. The second kappa shape index (κ2) is 7.09. The Kier molecular flexibility index (Phi) is 5.66. The summed E-state index contributed by atoms with van der Waals surface area (Å²) in [5.74, 6) is -1.18. The van der Waals surface area contributed by atoms with Gasteiger partial charge in [-0.2, -0.15) is 0 Å². The summed E-state index contributed by atoms with van der Waals surface area (Å²) in [6.07, 6.45) is -1.01. The average Bonchev–Trinajstić information content (AvgIpc) is 2.44. The van der Waals surface area contributed by atoms with E-state index in [0.29, 0.717) is 10.6 Å². The molecular formula is C18H26ClNO4Si. The molecule has 3 atom stereocenters. The van der Waals surface area contributed by atoms with Crippen LogP contribution in [-0.2, 0) is 14.0 Å². The number of hydrogen-bond donors (Lipinski definition) is 1. The Hall–Kier alpha value is -1.37. The molecule has 0 bridgehead atoms. The largest absolute Gasteiger partial charge is 0.437 e. The van der Waals surface area contributed by atoms with Gasteiger partial charge in [-0.05, 0) is 43.3 Å². The lowest BCUT2D eigenvalue weighted by Crippen LogP contribution is -2.65. The Bertz CT molecular complexity index is 671. The maximum atomic E-state index is 12.3. The van der Waals surface area contributed by atoms with Crippen molar-refractivity contribution in [3.05, 3.63) is 34.9 Å². The van der Waals surface area contributed by atoms with Crippen molar-refractivity contribution >= 4 is 31.8 Å². The summed E-state index contributed by atoms with van der Waals surface area (Å²) in [5.41, 5.74) is 0.352. The van der Waals surface area contributed by atoms with Crippen molar-refractivity contribution in [2.45, 2.75) is 58.2 Å². The van der Waals surface area contributed by atoms with Crippen LogP contribution < -0.4 is 5.32 Å². The molecule has 2 rings (SSSR count). The molecule has 1 aromatic carbocycles. The quantitative estimate of drug-likeness (QED) is 0.474. The van der Waals surface area contributed by atoms with Gasteiger partial charge in [-0.15, -0.1) is 0 Å². The number of amides is 1. The van der Waals surface area contributed by atoms with Gasteiger partial charge in [0.2, 0.25) is 5.91 Å². The first kappa shape index (κ1) is 19.9. The molecule has 0 spiro atoms. The number of halogens is 1. The molecule has 1 aliphatic rings. The molecule has 1 amide bonds. The van der Waals surface area contributed by atoms with Gasteiger partial charge in [0.05, 0.1) is 11.7 Å². The predicted octanol–water partition coefficient (Wildman–Crippen LogP) is 3.98. The fraction of sp³-hybridized carbons (Fsp3) is 0.556. The highest BCUT2D eigenvalue weighted by atomic mass is 35.5. The number of benzene rings is 1. The summed E-state index contributed by atoms with van der Waals surface area (Å²) < 4.78 is 11.7. The van der Waals surface area contributed by atoms with E-state index in [2.05, 4.69) is 39.2 Å². The molecule has 1 heterocycles. The molecule has 25 heavy (non-hydrogen) atoms. The van der Waals surface area contributed by atoms with Gasteiger partial charge < -0.3 is 14.5 Å². The van der Waals surface area contributed by atoms with Crippen molar-refractivity contribution in [1.29, 1.82) is 0 Å². The molecule has 0 aromatic heterocycles. The van der Waals surface area contributed by atoms with Crippen molar-refractivity contribution in [2.75, 3.05) is 0 Å². The first-order chi connectivity index (χ1) is 11.4. The highest BCUT2D eigenvalue weighted by Gasteiger charge is 2.49. The molecule has 0 saturated carbocycles. The smallest absolute Gasteiger partial charge is 0.340 e. The van der Waals surface area contributed by atoms with Gasteiger partial charge in [0.25, 0.3) is 0 Å². The Morgan fingerprint density at radius 1 is 1.32 bits per heavy atom. The second-order valence-corrected chi connectivity index (χ2v) is 13.1. The zero-order valence-electron chi connectivity index (χ0n) is 15.6. The van der Waals surface area contributed by atoms with Crippen LogP contribution in [0.2, 0.25) is 23.2 Å². The van der Waals surface area contributed by atoms with Gasteiger partial charge in [0.15, 0.2) is 14.5 Å². The van der Waals surface area contributed by atoms with Crippen LogP contribution in [0.15, 0.2) is 24.3 Å². The van der Waals surface area contributed by atoms with Gasteiger partial charge in [0.1, 0.15) is 5.92 Å². The van der Waals surface area contributed by atoms with Gasteiger partial charge in [0, 0.05) is 5.02 Å². The average molecular weight is 384 g/mol. The molecule has 0 aliphatic carbocycles. The molecule has 7 heteroatoms. The van der Waals surface area contributed by atoms with Crippen LogP contribution >= 0.6 is 11.6 Å². The van der Waals surface area contributed by atoms with Crippen molar-refractivity contribution in [1.82, 2.24) is 5.32 Å². The number of carbonyl (C=O) groups excluding carboxylic acids is 2. The second-order valence-electron chi connectivity index (χ2n) is 7.95. The van der Waals surface area contributed by atoms with Crippen molar-refractivity contribution in [3.63, 3.8) is 0 Å². The number of ether oxygens (including phenoxy) is 1. The Balaban J connectivity index is 2.04. The van der Waals surface area contributed by atoms with Crippen molar-refractivity contribution in [3.8, 4) is 0 Å². The lowest BCUT2D eigenvalue weighted by atomic mass is 9.93. The van der Waals surface area contributed by atoms with Crippen LogP contribution in [0, 0.1) is 5.92 Å². The molecule has 1 aliphatic heterocycles. The maximum absolute atomic E-state index is 12.3. The monoisotopic (exact) mass is 383 g/mol. The lowest BCUT2D eigenvalue weighted by Gasteiger charge is -2.44. The van der Waals surface area contributed by atoms with Crippen LogP contribution in [0.1, 0.15) is 38.1 Å². The van der Waals surface area contributed by atoms with E-state index in [0.717, 1.165) is 0 Å². The van der Waals surface area contributed by atoms with E-state index in [-0.39, 0.29) is 17.0 Å². The van der Waals surface area contributed by atoms with Crippen LogP contribution in [-0.4, -0.2) is 32.5 Å². The molecule has 138 valence electrons. The van der Waals surface area contributed by atoms with Crippen LogP contribution in [0.3, 0.4) is 0 Å². The van der Waals surface area contributed by atoms with Crippen molar-refractivity contribution < 1.29 is 18.8 Å². The van der Waals surface area contributed by atoms with E-state index in [1.54, 1.807) is 18.2 Å². The predicted molar refractivity (Wildman–Crippen MR) is 100 cm³/mol. The molecule has 0 unspecified atom stereocenters. The number of hydrogen-bond acceptors (Lipinski definition) is 4. The minimum atomic E-state index is -2.02. The lowest BCUT2D eigenvalue weighted by molar-refractivity contribution is -0.154. The summed E-state index contributed by atoms with van der Waals surface area (Å²) in [5, 5.41) is 3.13. The summed E-state index contributed by atoms with van der Waals surface area (Å²) in [6, 6.07) is 6.52. The standard InChI is InChI=1S/C18H26ClNO4Si/c1-11(24-25(5,6)18(2,3)4)14-15(21)20-16(14)23-17(22)12-8-7-9-13(19)10-12/h7-11,14,16H,1-6H3,(H,20,21)/t11-,14+,16-/m1/s1. The van der Waals surface area contributed by atoms with Gasteiger partial charge in [-0.25, -0.2) is 4.79 Å². The molecule has 1 saturated heterocycles. The summed E-state index contributed by atoms with van der Waals surface area (Å²) >= 11 is 5.90. The fourth-order valence-corrected chi connectivity index (χ4v) is 4.06. The zero-order chi connectivity index (χ0) is 19.0. The van der Waals surface area contributed by atoms with E-state index in [1.165, 1.54) is 6.07 Å². The number of nitrogens with one attached hydrogen (secondary N) is 1. The summed E-state index contributed by atoms with van der Waals surface area (Å²) in [4.78, 5) is 24.3. The van der Waals surface area contributed by atoms with Crippen LogP contribution in [0.25, 0.3) is 0 Å². The first-order valence-corrected chi connectivity index (χ1v) is 11.7. The number of esters is 1. The van der Waals surface area contributed by atoms with E-state index >= 15 is 0 Å². The van der Waals surface area contributed by atoms with E-state index in [4.69, 9.17) is 20.8 Å². The molecule has 5 nitrogen and oxygen atoms in total. The Labute approximate surface area is 155 Å². The zero-order valence-corrected chi connectivity index (χ0v) is 17.3. The summed E-state index contributed by atoms with van der Waals surface area (Å²) in [6.45, 7) is 12.6. The SMILES string of the molecule is C[C@@H](O[Si](C)(C)C(C)(C)C)[C@H]1C(=O)N[C@@H]1OC(=O)c1cccc(Cl)c1. The fourth-order valence-electron chi connectivity index (χ4n) is 2.44. The Morgan fingerprint density at radius 2 is 1.96 bits per heavy atom. The highest BCUT2D eigenvalue weighted by Crippen LogP contribution is 2.39. The molecule has 1 aromatic rings. The first-order valence-electron chi connectivity index (χ1n) is 8.37. The maximum Gasteiger partial charge on any atom is 0.340 e. The van der Waals surface area contributed by atoms with Crippen LogP contribution in [0.4, 0.5) is 0 Å². The van der Waals surface area contributed by atoms with Gasteiger partial charge in [-0.3, -0.25) is 4.79 Å². The minimum Gasteiger partial charge on any atom is -0.437 e. The van der Waals surface area contributed by atoms with Crippen molar-refractivity contribution in [2.24, 2.45) is 5.92 Å². The number of carbonyl (C=O) groups is 2. The third kappa shape index (κ3) is 4.43. The Morgan fingerprint density at radius 3 is 2.48 bits per heavy atom. The molecular weight excluding hydrogens is 358 g/mol. The van der Waals surface area contributed by atoms with Gasteiger partial charge >= 0.3 is 5.97 Å². The van der Waals surface area contributed by atoms with Gasteiger partial charge in [-0.1, -0.05) is 38.4 Å².